The van der Waals surface area contributed by atoms with Gasteiger partial charge < -0.3 is 15.2 Å². The quantitative estimate of drug-likeness (QED) is 0.874. The molecule has 0 amide bonds. The number of rotatable bonds is 5. The number of aliphatic hydroxyl groups is 1. The Morgan fingerprint density at radius 1 is 1.29 bits per heavy atom. The van der Waals surface area contributed by atoms with Crippen molar-refractivity contribution in [2.24, 2.45) is 5.92 Å². The zero-order chi connectivity index (χ0) is 14.7. The molecule has 116 valence electrons. The number of ether oxygens (including phenoxy) is 1. The van der Waals surface area contributed by atoms with Gasteiger partial charge in [0.2, 0.25) is 0 Å². The summed E-state index contributed by atoms with van der Waals surface area (Å²) >= 11 is 0. The van der Waals surface area contributed by atoms with Crippen LogP contribution >= 0.6 is 0 Å². The summed E-state index contributed by atoms with van der Waals surface area (Å²) in [6.07, 6.45) is 6.84. The monoisotopic (exact) mass is 289 g/mol. The molecule has 3 heteroatoms. The minimum absolute atomic E-state index is 0.356. The third-order valence-corrected chi connectivity index (χ3v) is 5.07. The van der Waals surface area contributed by atoms with Crippen LogP contribution in [0.15, 0.2) is 18.2 Å². The first-order valence-corrected chi connectivity index (χ1v) is 8.42. The molecule has 3 nitrogen and oxygen atoms in total. The third kappa shape index (κ3) is 3.41. The molecule has 21 heavy (non-hydrogen) atoms. The topological polar surface area (TPSA) is 41.5 Å². The van der Waals surface area contributed by atoms with E-state index in [1.54, 1.807) is 0 Å². The maximum atomic E-state index is 9.24. The van der Waals surface area contributed by atoms with Crippen molar-refractivity contribution in [2.75, 3.05) is 13.2 Å². The number of hydrogen-bond donors (Lipinski definition) is 2. The van der Waals surface area contributed by atoms with E-state index < -0.39 is 0 Å². The van der Waals surface area contributed by atoms with Crippen LogP contribution in [0.25, 0.3) is 0 Å². The average Bonchev–Trinajstić information content (AvgIpc) is 3.00. The number of hydrogen-bond acceptors (Lipinski definition) is 3. The van der Waals surface area contributed by atoms with Crippen molar-refractivity contribution in [3.8, 4) is 5.75 Å². The van der Waals surface area contributed by atoms with Gasteiger partial charge >= 0.3 is 0 Å². The highest BCUT2D eigenvalue weighted by molar-refractivity contribution is 5.40. The van der Waals surface area contributed by atoms with Crippen LogP contribution in [0, 0.1) is 5.92 Å². The minimum atomic E-state index is 0.356. The van der Waals surface area contributed by atoms with Crippen molar-refractivity contribution in [1.82, 2.24) is 5.32 Å². The van der Waals surface area contributed by atoms with Crippen LogP contribution in [-0.2, 0) is 6.42 Å². The summed E-state index contributed by atoms with van der Waals surface area (Å²) in [6, 6.07) is 7.70. The van der Waals surface area contributed by atoms with Crippen LogP contribution in [0.4, 0.5) is 0 Å². The lowest BCUT2D eigenvalue weighted by Gasteiger charge is -2.31. The van der Waals surface area contributed by atoms with Crippen molar-refractivity contribution in [3.63, 3.8) is 0 Å². The second-order valence-electron chi connectivity index (χ2n) is 6.49. The lowest BCUT2D eigenvalue weighted by molar-refractivity contribution is 0.171. The highest BCUT2D eigenvalue weighted by atomic mass is 16.5. The fourth-order valence-corrected chi connectivity index (χ4v) is 3.67. The van der Waals surface area contributed by atoms with Gasteiger partial charge in [0.25, 0.3) is 0 Å². The molecule has 0 saturated heterocycles. The minimum Gasteiger partial charge on any atom is -0.493 e. The second-order valence-corrected chi connectivity index (χ2v) is 6.49. The van der Waals surface area contributed by atoms with Crippen molar-refractivity contribution < 1.29 is 9.84 Å². The van der Waals surface area contributed by atoms with Gasteiger partial charge in [-0.25, -0.2) is 0 Å². The first-order valence-electron chi connectivity index (χ1n) is 8.42. The molecule has 0 aromatic heterocycles. The molecule has 1 heterocycles. The zero-order valence-electron chi connectivity index (χ0n) is 13.0. The van der Waals surface area contributed by atoms with Crippen LogP contribution in [0.5, 0.6) is 5.75 Å². The SMILES string of the molecule is CCC(NC1CCC(CO)CC1)c1ccc2c(c1)CCO2. The van der Waals surface area contributed by atoms with Crippen molar-refractivity contribution in [3.05, 3.63) is 29.3 Å². The fourth-order valence-electron chi connectivity index (χ4n) is 3.67. The Balaban J connectivity index is 1.63. The largest absolute Gasteiger partial charge is 0.493 e. The van der Waals surface area contributed by atoms with Gasteiger partial charge in [0, 0.05) is 25.1 Å². The van der Waals surface area contributed by atoms with E-state index in [0.29, 0.717) is 24.6 Å². The van der Waals surface area contributed by atoms with Crippen LogP contribution in [-0.4, -0.2) is 24.4 Å². The Bertz CT molecular complexity index is 466. The van der Waals surface area contributed by atoms with Crippen molar-refractivity contribution in [2.45, 2.75) is 57.5 Å². The highest BCUT2D eigenvalue weighted by Crippen LogP contribution is 2.31. The smallest absolute Gasteiger partial charge is 0.122 e. The van der Waals surface area contributed by atoms with Gasteiger partial charge in [-0.2, -0.15) is 0 Å². The summed E-state index contributed by atoms with van der Waals surface area (Å²) in [4.78, 5) is 0. The Labute approximate surface area is 127 Å². The van der Waals surface area contributed by atoms with Crippen molar-refractivity contribution >= 4 is 0 Å². The maximum Gasteiger partial charge on any atom is 0.122 e. The summed E-state index contributed by atoms with van der Waals surface area (Å²) in [6.45, 7) is 3.43. The molecule has 1 aliphatic heterocycles. The molecule has 2 N–H and O–H groups in total. The summed E-state index contributed by atoms with van der Waals surface area (Å²) in [7, 11) is 0. The highest BCUT2D eigenvalue weighted by Gasteiger charge is 2.23. The van der Waals surface area contributed by atoms with E-state index in [2.05, 4.69) is 30.4 Å². The summed E-state index contributed by atoms with van der Waals surface area (Å²) in [5, 5.41) is 13.1. The molecular formula is C18H27NO2. The molecule has 1 aromatic rings. The molecule has 1 aromatic carbocycles. The van der Waals surface area contributed by atoms with Crippen LogP contribution in [0.3, 0.4) is 0 Å². The lowest BCUT2D eigenvalue weighted by atomic mass is 9.86. The third-order valence-electron chi connectivity index (χ3n) is 5.07. The Hall–Kier alpha value is -1.06. The zero-order valence-corrected chi connectivity index (χ0v) is 13.0. The molecule has 0 bridgehead atoms. The predicted octanol–water partition coefficient (Wildman–Crippen LogP) is 3.21. The Morgan fingerprint density at radius 2 is 2.10 bits per heavy atom. The van der Waals surface area contributed by atoms with Crippen LogP contribution < -0.4 is 10.1 Å². The van der Waals surface area contributed by atoms with E-state index in [4.69, 9.17) is 4.74 Å². The van der Waals surface area contributed by atoms with Gasteiger partial charge in [-0.15, -0.1) is 0 Å². The molecular weight excluding hydrogens is 262 g/mol. The van der Waals surface area contributed by atoms with E-state index in [9.17, 15) is 5.11 Å². The number of aliphatic hydroxyl groups excluding tert-OH is 1. The van der Waals surface area contributed by atoms with Gasteiger partial charge in [0.1, 0.15) is 5.75 Å². The predicted molar refractivity (Wildman–Crippen MR) is 84.6 cm³/mol. The second kappa shape index (κ2) is 6.80. The van der Waals surface area contributed by atoms with Gasteiger partial charge in [-0.1, -0.05) is 19.1 Å². The van der Waals surface area contributed by atoms with Crippen molar-refractivity contribution in [1.29, 1.82) is 0 Å². The van der Waals surface area contributed by atoms with E-state index in [1.165, 1.54) is 24.0 Å². The standard InChI is InChI=1S/C18H27NO2/c1-2-17(19-16-6-3-13(12-20)4-7-16)14-5-8-18-15(11-14)9-10-21-18/h5,8,11,13,16-17,19-20H,2-4,6-7,9-10,12H2,1H3. The first kappa shape index (κ1) is 14.9. The molecule has 0 spiro atoms. The Kier molecular flexibility index (Phi) is 4.81. The van der Waals surface area contributed by atoms with E-state index >= 15 is 0 Å². The van der Waals surface area contributed by atoms with Crippen LogP contribution in [0.2, 0.25) is 0 Å². The van der Waals surface area contributed by atoms with Crippen LogP contribution in [0.1, 0.15) is 56.2 Å². The van der Waals surface area contributed by atoms with E-state index in [-0.39, 0.29) is 0 Å². The summed E-state index contributed by atoms with van der Waals surface area (Å²) in [5.74, 6) is 1.59. The van der Waals surface area contributed by atoms with Gasteiger partial charge in [0.05, 0.1) is 6.61 Å². The fraction of sp³-hybridized carbons (Fsp3) is 0.667. The maximum absolute atomic E-state index is 9.24. The normalized spacial score (nSPS) is 26.2. The molecule has 1 fully saturated rings. The lowest BCUT2D eigenvalue weighted by Crippen LogP contribution is -2.36. The molecule has 0 radical (unpaired) electrons. The molecule has 1 unspecified atom stereocenters. The van der Waals surface area contributed by atoms with Gasteiger partial charge in [-0.05, 0) is 55.2 Å². The number of benzene rings is 1. The molecule has 3 rings (SSSR count). The summed E-state index contributed by atoms with van der Waals surface area (Å²) < 4.78 is 5.60. The number of fused-ring (bicyclic) bond motifs is 1. The summed E-state index contributed by atoms with van der Waals surface area (Å²) in [5.41, 5.74) is 2.75. The first-order chi connectivity index (χ1) is 10.3. The molecule has 1 saturated carbocycles. The molecule has 1 aliphatic carbocycles. The van der Waals surface area contributed by atoms with E-state index in [1.807, 2.05) is 0 Å². The van der Waals surface area contributed by atoms with Gasteiger partial charge in [-0.3, -0.25) is 0 Å². The van der Waals surface area contributed by atoms with E-state index in [0.717, 1.165) is 38.0 Å². The molecule has 1 atom stereocenters. The molecule has 2 aliphatic rings. The average molecular weight is 289 g/mol. The number of nitrogens with one attached hydrogen (secondary N) is 1. The Morgan fingerprint density at radius 3 is 2.81 bits per heavy atom. The van der Waals surface area contributed by atoms with Gasteiger partial charge in [0.15, 0.2) is 0 Å².